The highest BCUT2D eigenvalue weighted by atomic mass is 19.1. The Morgan fingerprint density at radius 1 is 1.43 bits per heavy atom. The summed E-state index contributed by atoms with van der Waals surface area (Å²) in [5.41, 5.74) is -0.556. The first-order valence-electron chi connectivity index (χ1n) is 7.62. The van der Waals surface area contributed by atoms with Crippen molar-refractivity contribution in [1.29, 1.82) is 0 Å². The van der Waals surface area contributed by atoms with Crippen molar-refractivity contribution in [2.24, 2.45) is 0 Å². The van der Waals surface area contributed by atoms with E-state index in [0.717, 1.165) is 31.9 Å². The van der Waals surface area contributed by atoms with Crippen LogP contribution in [0.5, 0.6) is 0 Å². The summed E-state index contributed by atoms with van der Waals surface area (Å²) >= 11 is 0. The second-order valence-electron chi connectivity index (χ2n) is 5.72. The molecule has 1 unspecified atom stereocenters. The van der Waals surface area contributed by atoms with Gasteiger partial charge in [0, 0.05) is 17.8 Å². The standard InChI is InChI=1S/C16H23FN2O2/c1-3-21-15(20)16(2,12-9-13(17)11-18-10-12)19-14-7-5-4-6-8-14/h9-11,14,19H,3-8H2,1-2H3. The summed E-state index contributed by atoms with van der Waals surface area (Å²) in [5.74, 6) is -0.837. The fourth-order valence-corrected chi connectivity index (χ4v) is 2.88. The average molecular weight is 294 g/mol. The molecule has 1 aromatic heterocycles. The minimum absolute atomic E-state index is 0.247. The number of hydrogen-bond donors (Lipinski definition) is 1. The molecule has 4 nitrogen and oxygen atoms in total. The molecule has 1 atom stereocenters. The first-order chi connectivity index (χ1) is 10.1. The average Bonchev–Trinajstić information content (AvgIpc) is 2.48. The fourth-order valence-electron chi connectivity index (χ4n) is 2.88. The number of carbonyl (C=O) groups excluding carboxylic acids is 1. The number of pyridine rings is 1. The lowest BCUT2D eigenvalue weighted by Crippen LogP contribution is -2.52. The van der Waals surface area contributed by atoms with E-state index < -0.39 is 11.4 Å². The highest BCUT2D eigenvalue weighted by molar-refractivity contribution is 5.82. The number of rotatable bonds is 5. The Bertz CT molecular complexity index is 489. The van der Waals surface area contributed by atoms with Gasteiger partial charge in [0.05, 0.1) is 12.8 Å². The van der Waals surface area contributed by atoms with Crippen LogP contribution in [-0.4, -0.2) is 23.6 Å². The summed E-state index contributed by atoms with van der Waals surface area (Å²) in [7, 11) is 0. The molecule has 0 spiro atoms. The number of halogens is 1. The van der Waals surface area contributed by atoms with E-state index in [0.29, 0.717) is 12.2 Å². The number of aromatic nitrogens is 1. The maximum atomic E-state index is 13.5. The molecular weight excluding hydrogens is 271 g/mol. The van der Waals surface area contributed by atoms with Crippen molar-refractivity contribution >= 4 is 5.97 Å². The predicted molar refractivity (Wildman–Crippen MR) is 78.2 cm³/mol. The van der Waals surface area contributed by atoms with Gasteiger partial charge in [-0.25, -0.2) is 9.18 Å². The van der Waals surface area contributed by atoms with Gasteiger partial charge in [-0.1, -0.05) is 19.3 Å². The molecule has 21 heavy (non-hydrogen) atoms. The van der Waals surface area contributed by atoms with Crippen LogP contribution in [-0.2, 0) is 15.1 Å². The van der Waals surface area contributed by atoms with Gasteiger partial charge in [-0.05, 0) is 32.8 Å². The van der Waals surface area contributed by atoms with Gasteiger partial charge >= 0.3 is 5.97 Å². The molecule has 1 aromatic rings. The number of ether oxygens (including phenoxy) is 1. The van der Waals surface area contributed by atoms with Crippen LogP contribution in [0, 0.1) is 5.82 Å². The molecule has 0 amide bonds. The minimum atomic E-state index is -1.06. The van der Waals surface area contributed by atoms with Crippen molar-refractivity contribution < 1.29 is 13.9 Å². The molecule has 0 aromatic carbocycles. The van der Waals surface area contributed by atoms with Crippen molar-refractivity contribution in [3.63, 3.8) is 0 Å². The quantitative estimate of drug-likeness (QED) is 0.848. The molecule has 1 N–H and O–H groups in total. The number of nitrogens with zero attached hydrogens (tertiary/aromatic N) is 1. The summed E-state index contributed by atoms with van der Waals surface area (Å²) in [6.45, 7) is 3.81. The van der Waals surface area contributed by atoms with E-state index in [2.05, 4.69) is 10.3 Å². The van der Waals surface area contributed by atoms with Crippen molar-refractivity contribution in [2.45, 2.75) is 57.5 Å². The summed E-state index contributed by atoms with van der Waals surface area (Å²) in [5, 5.41) is 3.38. The van der Waals surface area contributed by atoms with Gasteiger partial charge in [0.1, 0.15) is 11.4 Å². The summed E-state index contributed by atoms with van der Waals surface area (Å²) in [6, 6.07) is 1.59. The molecule has 1 heterocycles. The van der Waals surface area contributed by atoms with Crippen molar-refractivity contribution in [3.8, 4) is 0 Å². The maximum absolute atomic E-state index is 13.5. The topological polar surface area (TPSA) is 51.2 Å². The lowest BCUT2D eigenvalue weighted by molar-refractivity contribution is -0.151. The molecule has 1 fully saturated rings. The second kappa shape index (κ2) is 6.98. The van der Waals surface area contributed by atoms with E-state index in [1.807, 2.05) is 0 Å². The first kappa shape index (κ1) is 15.9. The smallest absolute Gasteiger partial charge is 0.330 e. The third-order valence-corrected chi connectivity index (χ3v) is 4.06. The molecule has 2 rings (SSSR count). The first-order valence-corrected chi connectivity index (χ1v) is 7.62. The van der Waals surface area contributed by atoms with Crippen LogP contribution in [0.3, 0.4) is 0 Å². The van der Waals surface area contributed by atoms with E-state index in [4.69, 9.17) is 4.74 Å². The van der Waals surface area contributed by atoms with Gasteiger partial charge in [-0.3, -0.25) is 10.3 Å². The molecule has 0 radical (unpaired) electrons. The SMILES string of the molecule is CCOC(=O)C(C)(NC1CCCCC1)c1cncc(F)c1. The van der Waals surface area contributed by atoms with Crippen LogP contribution >= 0.6 is 0 Å². The third-order valence-electron chi connectivity index (χ3n) is 4.06. The van der Waals surface area contributed by atoms with Crippen molar-refractivity contribution in [3.05, 3.63) is 29.8 Å². The van der Waals surface area contributed by atoms with E-state index >= 15 is 0 Å². The lowest BCUT2D eigenvalue weighted by atomic mass is 9.88. The van der Waals surface area contributed by atoms with E-state index in [-0.39, 0.29) is 12.0 Å². The summed E-state index contributed by atoms with van der Waals surface area (Å²) in [6.07, 6.45) is 8.24. The fraction of sp³-hybridized carbons (Fsp3) is 0.625. The van der Waals surface area contributed by atoms with Crippen LogP contribution in [0.4, 0.5) is 4.39 Å². The highest BCUT2D eigenvalue weighted by Crippen LogP contribution is 2.27. The van der Waals surface area contributed by atoms with E-state index in [1.165, 1.54) is 18.7 Å². The molecule has 1 saturated carbocycles. The lowest BCUT2D eigenvalue weighted by Gasteiger charge is -2.35. The highest BCUT2D eigenvalue weighted by Gasteiger charge is 2.39. The Balaban J connectivity index is 2.26. The zero-order valence-electron chi connectivity index (χ0n) is 12.7. The van der Waals surface area contributed by atoms with Crippen LogP contribution in [0.1, 0.15) is 51.5 Å². The van der Waals surface area contributed by atoms with Crippen LogP contribution in [0.25, 0.3) is 0 Å². The molecule has 0 aliphatic heterocycles. The maximum Gasteiger partial charge on any atom is 0.330 e. The van der Waals surface area contributed by atoms with E-state index in [9.17, 15) is 9.18 Å². The monoisotopic (exact) mass is 294 g/mol. The van der Waals surface area contributed by atoms with Crippen LogP contribution < -0.4 is 5.32 Å². The third kappa shape index (κ3) is 3.79. The molecular formula is C16H23FN2O2. The van der Waals surface area contributed by atoms with Crippen LogP contribution in [0.2, 0.25) is 0 Å². The Morgan fingerprint density at radius 3 is 2.76 bits per heavy atom. The normalized spacial score (nSPS) is 19.0. The second-order valence-corrected chi connectivity index (χ2v) is 5.72. The number of hydrogen-bond acceptors (Lipinski definition) is 4. The zero-order chi connectivity index (χ0) is 15.3. The Kier molecular flexibility index (Phi) is 5.28. The zero-order valence-corrected chi connectivity index (χ0v) is 12.7. The van der Waals surface area contributed by atoms with E-state index in [1.54, 1.807) is 13.8 Å². The number of esters is 1. The summed E-state index contributed by atoms with van der Waals surface area (Å²) in [4.78, 5) is 16.3. The molecule has 116 valence electrons. The largest absolute Gasteiger partial charge is 0.464 e. The predicted octanol–water partition coefficient (Wildman–Crippen LogP) is 2.92. The molecule has 5 heteroatoms. The Hall–Kier alpha value is -1.49. The number of nitrogens with one attached hydrogen (secondary N) is 1. The minimum Gasteiger partial charge on any atom is -0.464 e. The Morgan fingerprint density at radius 2 is 2.14 bits per heavy atom. The van der Waals surface area contributed by atoms with Gasteiger partial charge in [-0.15, -0.1) is 0 Å². The molecule has 1 aliphatic carbocycles. The van der Waals surface area contributed by atoms with Crippen molar-refractivity contribution in [2.75, 3.05) is 6.61 Å². The van der Waals surface area contributed by atoms with Crippen molar-refractivity contribution in [1.82, 2.24) is 10.3 Å². The number of carbonyl (C=O) groups is 1. The molecule has 0 saturated heterocycles. The summed E-state index contributed by atoms with van der Waals surface area (Å²) < 4.78 is 18.7. The molecule has 0 bridgehead atoms. The molecule has 1 aliphatic rings. The van der Waals surface area contributed by atoms with Crippen LogP contribution in [0.15, 0.2) is 18.5 Å². The van der Waals surface area contributed by atoms with Gasteiger partial charge in [0.15, 0.2) is 0 Å². The van der Waals surface area contributed by atoms with Gasteiger partial charge in [0.2, 0.25) is 0 Å². The van der Waals surface area contributed by atoms with Gasteiger partial charge in [0.25, 0.3) is 0 Å². The van der Waals surface area contributed by atoms with Gasteiger partial charge in [-0.2, -0.15) is 0 Å². The van der Waals surface area contributed by atoms with Gasteiger partial charge < -0.3 is 4.74 Å². The Labute approximate surface area is 125 Å².